The summed E-state index contributed by atoms with van der Waals surface area (Å²) in [5, 5.41) is 11.3. The van der Waals surface area contributed by atoms with Crippen LogP contribution in [-0.4, -0.2) is 42.6 Å². The van der Waals surface area contributed by atoms with Gasteiger partial charge in [0.05, 0.1) is 18.6 Å². The molecular weight excluding hydrogens is 328 g/mol. The van der Waals surface area contributed by atoms with Gasteiger partial charge in [-0.3, -0.25) is 14.4 Å². The summed E-state index contributed by atoms with van der Waals surface area (Å²) in [6.07, 6.45) is -0.212. The maximum absolute atomic E-state index is 12.1. The Kier molecular flexibility index (Phi) is 6.65. The van der Waals surface area contributed by atoms with Crippen LogP contribution in [0.3, 0.4) is 0 Å². The van der Waals surface area contributed by atoms with Gasteiger partial charge in [-0.25, -0.2) is 0 Å². The Hall–Kier alpha value is -2.48. The van der Waals surface area contributed by atoms with Crippen molar-refractivity contribution >= 4 is 29.4 Å². The lowest BCUT2D eigenvalue weighted by Crippen LogP contribution is -2.34. The predicted molar refractivity (Wildman–Crippen MR) is 81.9 cm³/mol. The molecule has 0 saturated carbocycles. The highest BCUT2D eigenvalue weighted by Gasteiger charge is 2.18. The van der Waals surface area contributed by atoms with Crippen LogP contribution in [0.25, 0.3) is 0 Å². The topological polar surface area (TPSA) is 128 Å². The molecule has 9 heteroatoms. The number of halogens is 1. The Morgan fingerprint density at radius 1 is 1.39 bits per heavy atom. The number of amides is 2. The van der Waals surface area contributed by atoms with Gasteiger partial charge < -0.3 is 25.6 Å². The molecule has 0 saturated heterocycles. The number of carboxylic acid groups (broad SMARTS) is 1. The van der Waals surface area contributed by atoms with Gasteiger partial charge in [-0.05, 0) is 19.1 Å². The Morgan fingerprint density at radius 3 is 2.57 bits per heavy atom. The van der Waals surface area contributed by atoms with Gasteiger partial charge in [-0.1, -0.05) is 11.6 Å². The molecule has 1 aromatic carbocycles. The van der Waals surface area contributed by atoms with Gasteiger partial charge in [0.15, 0.2) is 18.1 Å². The molecule has 4 N–H and O–H groups in total. The van der Waals surface area contributed by atoms with Crippen molar-refractivity contribution in [3.05, 3.63) is 22.7 Å². The molecule has 0 aliphatic carbocycles. The third kappa shape index (κ3) is 5.67. The van der Waals surface area contributed by atoms with E-state index in [1.54, 1.807) is 6.92 Å². The first-order chi connectivity index (χ1) is 10.7. The third-order valence-electron chi connectivity index (χ3n) is 2.71. The third-order valence-corrected chi connectivity index (χ3v) is 2.99. The number of benzene rings is 1. The Balaban J connectivity index is 2.96. The largest absolute Gasteiger partial charge is 0.493 e. The highest BCUT2D eigenvalue weighted by molar-refractivity contribution is 6.32. The fourth-order valence-electron chi connectivity index (χ4n) is 1.75. The Labute approximate surface area is 137 Å². The van der Waals surface area contributed by atoms with E-state index in [0.717, 1.165) is 0 Å². The van der Waals surface area contributed by atoms with Crippen LogP contribution in [0.1, 0.15) is 23.7 Å². The molecule has 1 aromatic rings. The maximum atomic E-state index is 12.1. The van der Waals surface area contributed by atoms with Crippen LogP contribution in [0.4, 0.5) is 0 Å². The number of methoxy groups -OCH3 is 1. The van der Waals surface area contributed by atoms with Crippen molar-refractivity contribution in [3.8, 4) is 11.5 Å². The summed E-state index contributed by atoms with van der Waals surface area (Å²) in [6.45, 7) is 1.17. The summed E-state index contributed by atoms with van der Waals surface area (Å²) in [5.41, 5.74) is 5.16. The lowest BCUT2D eigenvalue weighted by molar-refractivity contribution is -0.137. The molecule has 0 aromatic heterocycles. The van der Waals surface area contributed by atoms with Gasteiger partial charge in [0.1, 0.15) is 0 Å². The number of nitrogens with two attached hydrogens (primary N) is 1. The smallest absolute Gasteiger partial charge is 0.305 e. The number of ether oxygens (including phenoxy) is 2. The zero-order valence-corrected chi connectivity index (χ0v) is 13.3. The molecule has 0 aliphatic heterocycles. The molecular formula is C14H17ClN2O6. The summed E-state index contributed by atoms with van der Waals surface area (Å²) in [4.78, 5) is 33.5. The van der Waals surface area contributed by atoms with E-state index < -0.39 is 30.4 Å². The van der Waals surface area contributed by atoms with E-state index >= 15 is 0 Å². The lowest BCUT2D eigenvalue weighted by atomic mass is 10.1. The minimum absolute atomic E-state index is 0.0571. The van der Waals surface area contributed by atoms with Gasteiger partial charge >= 0.3 is 5.97 Å². The average Bonchev–Trinajstić information content (AvgIpc) is 2.43. The van der Waals surface area contributed by atoms with Crippen LogP contribution in [0.5, 0.6) is 11.5 Å². The maximum Gasteiger partial charge on any atom is 0.305 e. The average molecular weight is 345 g/mol. The van der Waals surface area contributed by atoms with Crippen LogP contribution in [-0.2, 0) is 9.59 Å². The molecule has 23 heavy (non-hydrogen) atoms. The minimum Gasteiger partial charge on any atom is -0.493 e. The zero-order chi connectivity index (χ0) is 17.6. The molecule has 126 valence electrons. The lowest BCUT2D eigenvalue weighted by Gasteiger charge is -2.15. The number of carboxylic acids is 1. The van der Waals surface area contributed by atoms with E-state index in [0.29, 0.717) is 0 Å². The molecule has 0 spiro atoms. The molecule has 0 bridgehead atoms. The fraction of sp³-hybridized carbons (Fsp3) is 0.357. The summed E-state index contributed by atoms with van der Waals surface area (Å²) < 4.78 is 10.2. The highest BCUT2D eigenvalue weighted by atomic mass is 35.5. The second kappa shape index (κ2) is 8.23. The van der Waals surface area contributed by atoms with Crippen molar-refractivity contribution in [2.45, 2.75) is 19.4 Å². The van der Waals surface area contributed by atoms with E-state index in [9.17, 15) is 14.4 Å². The van der Waals surface area contributed by atoms with Crippen molar-refractivity contribution in [2.24, 2.45) is 5.73 Å². The Morgan fingerprint density at radius 2 is 2.04 bits per heavy atom. The summed E-state index contributed by atoms with van der Waals surface area (Å²) in [7, 11) is 1.34. The second-order valence-corrected chi connectivity index (χ2v) is 5.12. The number of nitrogens with one attached hydrogen (secondary N) is 1. The van der Waals surface area contributed by atoms with Gasteiger partial charge in [0, 0.05) is 11.6 Å². The van der Waals surface area contributed by atoms with Gasteiger partial charge in [-0.15, -0.1) is 0 Å². The van der Waals surface area contributed by atoms with Crippen LogP contribution in [0, 0.1) is 0 Å². The van der Waals surface area contributed by atoms with E-state index in [2.05, 4.69) is 5.32 Å². The molecule has 1 atom stereocenters. The predicted octanol–water partition coefficient (Wildman–Crippen LogP) is 0.806. The summed E-state index contributed by atoms with van der Waals surface area (Å²) >= 11 is 6.03. The monoisotopic (exact) mass is 344 g/mol. The quantitative estimate of drug-likeness (QED) is 0.640. The van der Waals surface area contributed by atoms with Crippen LogP contribution in [0.15, 0.2) is 12.1 Å². The van der Waals surface area contributed by atoms with E-state index in [1.807, 2.05) is 0 Å². The fourth-order valence-corrected chi connectivity index (χ4v) is 2.02. The molecule has 1 unspecified atom stereocenters. The molecule has 0 fully saturated rings. The van der Waals surface area contributed by atoms with E-state index in [-0.39, 0.29) is 28.5 Å². The molecule has 1 rings (SSSR count). The first-order valence-corrected chi connectivity index (χ1v) is 6.93. The normalized spacial score (nSPS) is 11.4. The van der Waals surface area contributed by atoms with E-state index in [1.165, 1.54) is 19.2 Å². The number of carbonyl (C=O) groups excluding carboxylic acids is 2. The SMILES string of the molecule is COc1cc(C(=O)NC(C)CC(=O)O)cc(Cl)c1OCC(N)=O. The summed E-state index contributed by atoms with van der Waals surface area (Å²) in [5.74, 6) is -1.99. The van der Waals surface area contributed by atoms with Crippen molar-refractivity contribution in [2.75, 3.05) is 13.7 Å². The number of aliphatic carboxylic acids is 1. The zero-order valence-electron chi connectivity index (χ0n) is 12.6. The molecule has 0 radical (unpaired) electrons. The summed E-state index contributed by atoms with van der Waals surface area (Å²) in [6, 6.07) is 2.13. The number of carbonyl (C=O) groups is 3. The minimum atomic E-state index is -1.02. The number of hydrogen-bond donors (Lipinski definition) is 3. The van der Waals surface area contributed by atoms with Gasteiger partial charge in [-0.2, -0.15) is 0 Å². The first kappa shape index (κ1) is 18.6. The number of primary amides is 1. The van der Waals surface area contributed by atoms with Gasteiger partial charge in [0.25, 0.3) is 11.8 Å². The van der Waals surface area contributed by atoms with Crippen molar-refractivity contribution in [3.63, 3.8) is 0 Å². The second-order valence-electron chi connectivity index (χ2n) is 4.72. The van der Waals surface area contributed by atoms with Crippen LogP contribution in [0.2, 0.25) is 5.02 Å². The first-order valence-electron chi connectivity index (χ1n) is 6.55. The standard InChI is InChI=1S/C14H17ClN2O6/c1-7(3-12(19)20)17-14(21)8-4-9(15)13(10(5-8)22-2)23-6-11(16)18/h4-5,7H,3,6H2,1-2H3,(H2,16,18)(H,17,21)(H,19,20). The van der Waals surface area contributed by atoms with E-state index in [4.69, 9.17) is 31.9 Å². The molecule has 2 amide bonds. The highest BCUT2D eigenvalue weighted by Crippen LogP contribution is 2.36. The Bertz CT molecular complexity index is 620. The van der Waals surface area contributed by atoms with Crippen molar-refractivity contribution in [1.29, 1.82) is 0 Å². The number of hydrogen-bond acceptors (Lipinski definition) is 5. The molecule has 0 aliphatic rings. The number of rotatable bonds is 8. The van der Waals surface area contributed by atoms with Gasteiger partial charge in [0.2, 0.25) is 0 Å². The molecule has 8 nitrogen and oxygen atoms in total. The van der Waals surface area contributed by atoms with Crippen LogP contribution < -0.4 is 20.5 Å². The van der Waals surface area contributed by atoms with Crippen molar-refractivity contribution < 1.29 is 29.0 Å². The molecule has 0 heterocycles. The van der Waals surface area contributed by atoms with Crippen molar-refractivity contribution in [1.82, 2.24) is 5.32 Å². The van der Waals surface area contributed by atoms with Crippen LogP contribution >= 0.6 is 11.6 Å².